The molecule has 0 spiro atoms. The fourth-order valence-electron chi connectivity index (χ4n) is 3.73. The summed E-state index contributed by atoms with van der Waals surface area (Å²) in [7, 11) is 1.82. The van der Waals surface area contributed by atoms with Crippen LogP contribution in [0.1, 0.15) is 30.4 Å². The summed E-state index contributed by atoms with van der Waals surface area (Å²) in [5.74, 6) is 0.836. The molecule has 1 aliphatic carbocycles. The average molecular weight is 502 g/mol. The highest BCUT2D eigenvalue weighted by atomic mass is 127. The van der Waals surface area contributed by atoms with E-state index in [9.17, 15) is 0 Å². The number of guanidine groups is 1. The Morgan fingerprint density at radius 3 is 2.41 bits per heavy atom. The van der Waals surface area contributed by atoms with E-state index in [2.05, 4.69) is 68.2 Å². The molecule has 2 N–H and O–H groups in total. The molecule has 29 heavy (non-hydrogen) atoms. The van der Waals surface area contributed by atoms with Crippen LogP contribution in [0.5, 0.6) is 0 Å². The van der Waals surface area contributed by atoms with Crippen molar-refractivity contribution in [2.75, 3.05) is 13.6 Å². The molecule has 1 fully saturated rings. The van der Waals surface area contributed by atoms with Crippen LogP contribution in [0.3, 0.4) is 0 Å². The number of nitrogens with one attached hydrogen (secondary N) is 2. The van der Waals surface area contributed by atoms with Gasteiger partial charge in [0.2, 0.25) is 0 Å². The van der Waals surface area contributed by atoms with Gasteiger partial charge in [0.25, 0.3) is 0 Å². The molecule has 0 bridgehead atoms. The molecule has 3 aromatic rings. The predicted octanol–water partition coefficient (Wildman–Crippen LogP) is 3.67. The van der Waals surface area contributed by atoms with Crippen LogP contribution in [0.2, 0.25) is 0 Å². The number of aromatic nitrogens is 3. The highest BCUT2D eigenvalue weighted by Crippen LogP contribution is 2.43. The van der Waals surface area contributed by atoms with Crippen LogP contribution < -0.4 is 10.6 Å². The first kappa shape index (κ1) is 21.3. The molecule has 4 rings (SSSR count). The summed E-state index contributed by atoms with van der Waals surface area (Å²) < 4.78 is 1.75. The van der Waals surface area contributed by atoms with E-state index in [0.717, 1.165) is 24.7 Å². The minimum atomic E-state index is 0. The normalized spacial score (nSPS) is 15.1. The Bertz CT molecular complexity index is 902. The zero-order valence-electron chi connectivity index (χ0n) is 16.6. The second-order valence-electron chi connectivity index (χ2n) is 7.29. The quantitative estimate of drug-likeness (QED) is 0.307. The van der Waals surface area contributed by atoms with Crippen molar-refractivity contribution < 1.29 is 0 Å². The first-order valence-electron chi connectivity index (χ1n) is 9.73. The van der Waals surface area contributed by atoms with E-state index in [-0.39, 0.29) is 29.4 Å². The van der Waals surface area contributed by atoms with Crippen LogP contribution in [0.4, 0.5) is 0 Å². The molecule has 7 heteroatoms. The van der Waals surface area contributed by atoms with Gasteiger partial charge >= 0.3 is 0 Å². The van der Waals surface area contributed by atoms with Crippen LogP contribution in [-0.2, 0) is 12.0 Å². The number of hydrogen-bond donors (Lipinski definition) is 2. The third-order valence-electron chi connectivity index (χ3n) is 5.59. The van der Waals surface area contributed by atoms with Crippen LogP contribution in [0.15, 0.2) is 72.2 Å². The molecular formula is C22H27IN6. The van der Waals surface area contributed by atoms with Crippen LogP contribution >= 0.6 is 24.0 Å². The van der Waals surface area contributed by atoms with Gasteiger partial charge in [-0.05, 0) is 36.1 Å². The predicted molar refractivity (Wildman–Crippen MR) is 127 cm³/mol. The third kappa shape index (κ3) is 4.95. The molecule has 1 aromatic heterocycles. The number of aliphatic imine (C=N–C) groups is 1. The third-order valence-corrected chi connectivity index (χ3v) is 5.59. The van der Waals surface area contributed by atoms with E-state index in [1.807, 2.05) is 19.2 Å². The highest BCUT2D eigenvalue weighted by Gasteiger charge is 2.38. The van der Waals surface area contributed by atoms with Crippen molar-refractivity contribution in [3.63, 3.8) is 0 Å². The Balaban J connectivity index is 0.00000240. The second-order valence-corrected chi connectivity index (χ2v) is 7.29. The summed E-state index contributed by atoms with van der Waals surface area (Å²) in [6, 6.07) is 19.1. The Morgan fingerprint density at radius 1 is 1.07 bits per heavy atom. The van der Waals surface area contributed by atoms with E-state index in [0.29, 0.717) is 0 Å². The lowest BCUT2D eigenvalue weighted by Gasteiger charge is -2.43. The standard InChI is InChI=1S/C22H26N6.HI/c1-23-21(26-15-22(12-5-13-22)19-6-3-2-4-7-19)25-14-18-8-10-20(11-9-18)28-17-24-16-27-28;/h2-4,6-11,16-17H,5,12-15H2,1H3,(H2,23,25,26);1H. The van der Waals surface area contributed by atoms with Gasteiger partial charge in [-0.15, -0.1) is 24.0 Å². The Hall–Kier alpha value is -2.42. The van der Waals surface area contributed by atoms with E-state index in [1.165, 1.54) is 36.7 Å². The van der Waals surface area contributed by atoms with Gasteiger partial charge in [0.15, 0.2) is 5.96 Å². The Morgan fingerprint density at radius 2 is 1.83 bits per heavy atom. The van der Waals surface area contributed by atoms with Gasteiger partial charge in [-0.1, -0.05) is 48.9 Å². The lowest BCUT2D eigenvalue weighted by molar-refractivity contribution is 0.244. The number of halogens is 1. The van der Waals surface area contributed by atoms with Crippen LogP contribution in [0.25, 0.3) is 5.69 Å². The maximum absolute atomic E-state index is 4.39. The summed E-state index contributed by atoms with van der Waals surface area (Å²) in [5, 5.41) is 11.1. The molecule has 0 amide bonds. The van der Waals surface area contributed by atoms with Crippen molar-refractivity contribution in [2.24, 2.45) is 4.99 Å². The summed E-state index contributed by atoms with van der Waals surface area (Å²) in [5.41, 5.74) is 3.85. The maximum Gasteiger partial charge on any atom is 0.191 e. The topological polar surface area (TPSA) is 67.1 Å². The minimum Gasteiger partial charge on any atom is -0.356 e. The van der Waals surface area contributed by atoms with Crippen LogP contribution in [0, 0.1) is 0 Å². The molecule has 0 aliphatic heterocycles. The molecule has 0 radical (unpaired) electrons. The molecule has 1 heterocycles. The largest absolute Gasteiger partial charge is 0.356 e. The first-order chi connectivity index (χ1) is 13.8. The fourth-order valence-corrected chi connectivity index (χ4v) is 3.73. The SMILES string of the molecule is CN=C(NCc1ccc(-n2cncn2)cc1)NCC1(c2ccccc2)CCC1.I. The minimum absolute atomic E-state index is 0. The Labute approximate surface area is 188 Å². The molecule has 0 unspecified atom stereocenters. The second kappa shape index (κ2) is 9.87. The average Bonchev–Trinajstić information content (AvgIpc) is 3.25. The Kier molecular flexibility index (Phi) is 7.24. The van der Waals surface area contributed by atoms with Gasteiger partial charge in [-0.2, -0.15) is 5.10 Å². The number of benzene rings is 2. The lowest BCUT2D eigenvalue weighted by Crippen LogP contribution is -2.48. The summed E-state index contributed by atoms with van der Waals surface area (Å²) >= 11 is 0. The molecule has 1 aliphatic rings. The molecule has 0 saturated heterocycles. The van der Waals surface area contributed by atoms with Crippen molar-refractivity contribution in [2.45, 2.75) is 31.2 Å². The number of rotatable bonds is 6. The van der Waals surface area contributed by atoms with E-state index < -0.39 is 0 Å². The van der Waals surface area contributed by atoms with E-state index in [1.54, 1.807) is 11.0 Å². The van der Waals surface area contributed by atoms with Gasteiger partial charge < -0.3 is 10.6 Å². The highest BCUT2D eigenvalue weighted by molar-refractivity contribution is 14.0. The zero-order valence-corrected chi connectivity index (χ0v) is 18.9. The fraction of sp³-hybridized carbons (Fsp3) is 0.318. The van der Waals surface area contributed by atoms with Crippen molar-refractivity contribution in [3.8, 4) is 5.69 Å². The molecular weight excluding hydrogens is 475 g/mol. The monoisotopic (exact) mass is 502 g/mol. The number of nitrogens with zero attached hydrogens (tertiary/aromatic N) is 4. The van der Waals surface area contributed by atoms with Crippen LogP contribution in [-0.4, -0.2) is 34.3 Å². The summed E-state index contributed by atoms with van der Waals surface area (Å²) in [6.45, 7) is 1.62. The molecule has 1 saturated carbocycles. The van der Waals surface area contributed by atoms with Gasteiger partial charge in [-0.25, -0.2) is 9.67 Å². The molecule has 0 atom stereocenters. The smallest absolute Gasteiger partial charge is 0.191 e. The lowest BCUT2D eigenvalue weighted by atomic mass is 9.64. The van der Waals surface area contributed by atoms with Crippen molar-refractivity contribution in [1.82, 2.24) is 25.4 Å². The maximum atomic E-state index is 4.39. The molecule has 152 valence electrons. The van der Waals surface area contributed by atoms with Gasteiger partial charge in [0.1, 0.15) is 12.7 Å². The summed E-state index contributed by atoms with van der Waals surface area (Å²) in [4.78, 5) is 8.37. The van der Waals surface area contributed by atoms with E-state index in [4.69, 9.17) is 0 Å². The van der Waals surface area contributed by atoms with Gasteiger partial charge in [0.05, 0.1) is 5.69 Å². The molecule has 6 nitrogen and oxygen atoms in total. The van der Waals surface area contributed by atoms with Crippen molar-refractivity contribution in [1.29, 1.82) is 0 Å². The van der Waals surface area contributed by atoms with E-state index >= 15 is 0 Å². The van der Waals surface area contributed by atoms with Gasteiger partial charge in [-0.3, -0.25) is 4.99 Å². The zero-order chi connectivity index (χ0) is 19.2. The number of hydrogen-bond acceptors (Lipinski definition) is 3. The summed E-state index contributed by atoms with van der Waals surface area (Å²) in [6.07, 6.45) is 6.98. The van der Waals surface area contributed by atoms with Gasteiger partial charge in [0, 0.05) is 25.6 Å². The molecule has 2 aromatic carbocycles. The van der Waals surface area contributed by atoms with Crippen molar-refractivity contribution >= 4 is 29.9 Å². The van der Waals surface area contributed by atoms with Crippen molar-refractivity contribution in [3.05, 3.63) is 78.4 Å². The first-order valence-corrected chi connectivity index (χ1v) is 9.73.